The normalized spacial score (nSPS) is 10.9. The standard InChI is InChI=1S/C15H23NO2S/c1-11(2)16(12(3)4)15(17)10-19-14-8-6-7-13(9-14)18-5/h6-9,11-12H,10H2,1-5H3. The van der Waals surface area contributed by atoms with Crippen LogP contribution in [0.15, 0.2) is 29.2 Å². The number of benzene rings is 1. The molecular formula is C15H23NO2S. The summed E-state index contributed by atoms with van der Waals surface area (Å²) in [5.41, 5.74) is 0. The van der Waals surface area contributed by atoms with Crippen LogP contribution in [0.4, 0.5) is 0 Å². The number of amides is 1. The van der Waals surface area contributed by atoms with Gasteiger partial charge in [0.15, 0.2) is 0 Å². The third-order valence-corrected chi connectivity index (χ3v) is 3.78. The SMILES string of the molecule is COc1cccc(SCC(=O)N(C(C)C)C(C)C)c1. The second-order valence-corrected chi connectivity index (χ2v) is 6.00. The van der Waals surface area contributed by atoms with Gasteiger partial charge in [-0.3, -0.25) is 4.79 Å². The molecule has 0 aliphatic rings. The van der Waals surface area contributed by atoms with Gasteiger partial charge in [0.2, 0.25) is 5.91 Å². The van der Waals surface area contributed by atoms with E-state index in [-0.39, 0.29) is 18.0 Å². The van der Waals surface area contributed by atoms with E-state index in [1.165, 1.54) is 0 Å². The summed E-state index contributed by atoms with van der Waals surface area (Å²) in [5.74, 6) is 1.46. The van der Waals surface area contributed by atoms with Gasteiger partial charge in [-0.15, -0.1) is 11.8 Å². The molecular weight excluding hydrogens is 258 g/mol. The molecule has 0 fully saturated rings. The third kappa shape index (κ3) is 4.78. The molecule has 0 saturated carbocycles. The average Bonchev–Trinajstić information content (AvgIpc) is 2.35. The van der Waals surface area contributed by atoms with Crippen molar-refractivity contribution in [3.63, 3.8) is 0 Å². The van der Waals surface area contributed by atoms with Gasteiger partial charge in [0.05, 0.1) is 12.9 Å². The zero-order valence-corrected chi connectivity index (χ0v) is 13.2. The van der Waals surface area contributed by atoms with Gasteiger partial charge in [-0.2, -0.15) is 0 Å². The van der Waals surface area contributed by atoms with Gasteiger partial charge in [0.25, 0.3) is 0 Å². The predicted octanol–water partition coefficient (Wildman–Crippen LogP) is 3.43. The number of hydrogen-bond donors (Lipinski definition) is 0. The Morgan fingerprint density at radius 1 is 1.26 bits per heavy atom. The first-order valence-electron chi connectivity index (χ1n) is 6.53. The zero-order chi connectivity index (χ0) is 14.4. The van der Waals surface area contributed by atoms with Crippen molar-refractivity contribution in [3.05, 3.63) is 24.3 Å². The van der Waals surface area contributed by atoms with Crippen LogP contribution in [0.3, 0.4) is 0 Å². The van der Waals surface area contributed by atoms with Gasteiger partial charge in [0, 0.05) is 17.0 Å². The van der Waals surface area contributed by atoms with Gasteiger partial charge in [-0.05, 0) is 45.9 Å². The molecule has 1 aromatic carbocycles. The van der Waals surface area contributed by atoms with E-state index in [4.69, 9.17) is 4.74 Å². The van der Waals surface area contributed by atoms with Crippen molar-refractivity contribution in [1.82, 2.24) is 4.90 Å². The lowest BCUT2D eigenvalue weighted by Crippen LogP contribution is -2.43. The molecule has 4 heteroatoms. The number of methoxy groups -OCH3 is 1. The monoisotopic (exact) mass is 281 g/mol. The Hall–Kier alpha value is -1.16. The highest BCUT2D eigenvalue weighted by Crippen LogP contribution is 2.23. The minimum Gasteiger partial charge on any atom is -0.497 e. The predicted molar refractivity (Wildman–Crippen MR) is 80.8 cm³/mol. The number of hydrogen-bond acceptors (Lipinski definition) is 3. The lowest BCUT2D eigenvalue weighted by Gasteiger charge is -2.30. The van der Waals surface area contributed by atoms with E-state index in [2.05, 4.69) is 0 Å². The number of rotatable bonds is 6. The lowest BCUT2D eigenvalue weighted by atomic mass is 10.2. The summed E-state index contributed by atoms with van der Waals surface area (Å²) in [5, 5.41) is 0. The fraction of sp³-hybridized carbons (Fsp3) is 0.533. The summed E-state index contributed by atoms with van der Waals surface area (Å²) in [4.78, 5) is 15.2. The fourth-order valence-corrected chi connectivity index (χ4v) is 2.90. The second kappa shape index (κ2) is 7.43. The molecule has 0 aliphatic heterocycles. The minimum atomic E-state index is 0.179. The molecule has 0 aliphatic carbocycles. The maximum atomic E-state index is 12.2. The van der Waals surface area contributed by atoms with E-state index >= 15 is 0 Å². The maximum absolute atomic E-state index is 12.2. The van der Waals surface area contributed by atoms with E-state index in [1.54, 1.807) is 18.9 Å². The van der Waals surface area contributed by atoms with Gasteiger partial charge < -0.3 is 9.64 Å². The molecule has 0 aromatic heterocycles. The number of nitrogens with zero attached hydrogens (tertiary/aromatic N) is 1. The van der Waals surface area contributed by atoms with Crippen molar-refractivity contribution in [2.45, 2.75) is 44.7 Å². The van der Waals surface area contributed by atoms with Crippen LogP contribution < -0.4 is 4.74 Å². The summed E-state index contributed by atoms with van der Waals surface area (Å²) in [6, 6.07) is 8.26. The molecule has 0 heterocycles. The fourth-order valence-electron chi connectivity index (χ4n) is 2.08. The van der Waals surface area contributed by atoms with Crippen LogP contribution in [0.1, 0.15) is 27.7 Å². The van der Waals surface area contributed by atoms with Gasteiger partial charge >= 0.3 is 0 Å². The molecule has 0 saturated heterocycles. The first-order valence-corrected chi connectivity index (χ1v) is 7.52. The Labute approximate surface area is 120 Å². The Balaban J connectivity index is 2.62. The molecule has 0 N–H and O–H groups in total. The van der Waals surface area contributed by atoms with Crippen LogP contribution in [0.5, 0.6) is 5.75 Å². The summed E-state index contributed by atoms with van der Waals surface area (Å²) in [6.45, 7) is 8.20. The first kappa shape index (κ1) is 15.9. The Bertz CT molecular complexity index is 410. The van der Waals surface area contributed by atoms with E-state index in [0.29, 0.717) is 5.75 Å². The highest BCUT2D eigenvalue weighted by molar-refractivity contribution is 8.00. The number of ether oxygens (including phenoxy) is 1. The van der Waals surface area contributed by atoms with Gasteiger partial charge in [-0.25, -0.2) is 0 Å². The molecule has 0 atom stereocenters. The Morgan fingerprint density at radius 3 is 2.42 bits per heavy atom. The smallest absolute Gasteiger partial charge is 0.233 e. The quantitative estimate of drug-likeness (QED) is 0.748. The van der Waals surface area contributed by atoms with Crippen molar-refractivity contribution in [1.29, 1.82) is 0 Å². The molecule has 106 valence electrons. The highest BCUT2D eigenvalue weighted by Gasteiger charge is 2.19. The summed E-state index contributed by atoms with van der Waals surface area (Å²) in [7, 11) is 1.65. The minimum absolute atomic E-state index is 0.179. The molecule has 0 spiro atoms. The number of carbonyl (C=O) groups is 1. The van der Waals surface area contributed by atoms with Crippen molar-refractivity contribution in [2.75, 3.05) is 12.9 Å². The number of thioether (sulfide) groups is 1. The Kier molecular flexibility index (Phi) is 6.22. The van der Waals surface area contributed by atoms with Crippen LogP contribution in [-0.4, -0.2) is 35.8 Å². The summed E-state index contributed by atoms with van der Waals surface area (Å²) >= 11 is 1.55. The van der Waals surface area contributed by atoms with Crippen molar-refractivity contribution in [3.8, 4) is 5.75 Å². The first-order chi connectivity index (χ1) is 8.95. The lowest BCUT2D eigenvalue weighted by molar-refractivity contribution is -0.131. The average molecular weight is 281 g/mol. The molecule has 1 amide bonds. The van der Waals surface area contributed by atoms with Crippen molar-refractivity contribution in [2.24, 2.45) is 0 Å². The van der Waals surface area contributed by atoms with Crippen LogP contribution in [-0.2, 0) is 4.79 Å². The van der Waals surface area contributed by atoms with Crippen molar-refractivity contribution < 1.29 is 9.53 Å². The third-order valence-electron chi connectivity index (χ3n) is 2.80. The zero-order valence-electron chi connectivity index (χ0n) is 12.3. The van der Waals surface area contributed by atoms with E-state index < -0.39 is 0 Å². The molecule has 0 bridgehead atoms. The molecule has 1 aromatic rings. The molecule has 19 heavy (non-hydrogen) atoms. The van der Waals surface area contributed by atoms with E-state index in [1.807, 2.05) is 56.9 Å². The van der Waals surface area contributed by atoms with E-state index in [9.17, 15) is 4.79 Å². The maximum Gasteiger partial charge on any atom is 0.233 e. The van der Waals surface area contributed by atoms with Crippen LogP contribution >= 0.6 is 11.8 Å². The second-order valence-electron chi connectivity index (χ2n) is 4.96. The Morgan fingerprint density at radius 2 is 1.89 bits per heavy atom. The summed E-state index contributed by atoms with van der Waals surface area (Å²) in [6.07, 6.45) is 0. The van der Waals surface area contributed by atoms with Gasteiger partial charge in [-0.1, -0.05) is 6.07 Å². The molecule has 0 radical (unpaired) electrons. The molecule has 0 unspecified atom stereocenters. The topological polar surface area (TPSA) is 29.5 Å². The van der Waals surface area contributed by atoms with Crippen molar-refractivity contribution >= 4 is 17.7 Å². The van der Waals surface area contributed by atoms with Crippen LogP contribution in [0, 0.1) is 0 Å². The summed E-state index contributed by atoms with van der Waals surface area (Å²) < 4.78 is 5.18. The molecule has 3 nitrogen and oxygen atoms in total. The number of carbonyl (C=O) groups excluding carboxylic acids is 1. The highest BCUT2D eigenvalue weighted by atomic mass is 32.2. The van der Waals surface area contributed by atoms with Gasteiger partial charge in [0.1, 0.15) is 5.75 Å². The van der Waals surface area contributed by atoms with Crippen LogP contribution in [0.25, 0.3) is 0 Å². The van der Waals surface area contributed by atoms with Crippen LogP contribution in [0.2, 0.25) is 0 Å². The van der Waals surface area contributed by atoms with E-state index in [0.717, 1.165) is 10.6 Å². The molecule has 1 rings (SSSR count). The largest absolute Gasteiger partial charge is 0.497 e.